The van der Waals surface area contributed by atoms with Crippen LogP contribution in [0.1, 0.15) is 5.56 Å². The summed E-state index contributed by atoms with van der Waals surface area (Å²) in [6, 6.07) is 4.08. The van der Waals surface area contributed by atoms with E-state index in [1.54, 1.807) is 17.7 Å². The van der Waals surface area contributed by atoms with Crippen molar-refractivity contribution in [3.05, 3.63) is 40.2 Å². The molecule has 1 aliphatic heterocycles. The Kier molecular flexibility index (Phi) is 7.84. The fourth-order valence-electron chi connectivity index (χ4n) is 2.99. The van der Waals surface area contributed by atoms with Crippen molar-refractivity contribution in [2.45, 2.75) is 37.6 Å². The second-order valence-electron chi connectivity index (χ2n) is 6.33. The van der Waals surface area contributed by atoms with E-state index in [2.05, 4.69) is 0 Å². The molecule has 0 aliphatic carbocycles. The van der Waals surface area contributed by atoms with Gasteiger partial charge in [0.15, 0.2) is 10.3 Å². The third kappa shape index (κ3) is 5.55. The Morgan fingerprint density at radius 2 is 1.93 bits per heavy atom. The first-order valence-corrected chi connectivity index (χ1v) is 9.56. The van der Waals surface area contributed by atoms with E-state index in [-0.39, 0.29) is 40.9 Å². The van der Waals surface area contributed by atoms with Crippen LogP contribution >= 0.6 is 0 Å². The normalized spacial score (nSPS) is 27.4. The summed E-state index contributed by atoms with van der Waals surface area (Å²) in [6.07, 6.45) is -6.30. The largest absolute Gasteiger partial charge is 1.00 e. The van der Waals surface area contributed by atoms with Crippen LogP contribution in [0.25, 0.3) is 11.0 Å². The van der Waals surface area contributed by atoms with Crippen molar-refractivity contribution in [2.24, 2.45) is 0 Å². The Morgan fingerprint density at radius 3 is 2.55 bits per heavy atom. The minimum Gasteiger partial charge on any atom is -0.735 e. The molecule has 1 aromatic heterocycles. The van der Waals surface area contributed by atoms with Crippen molar-refractivity contribution in [3.63, 3.8) is 0 Å². The van der Waals surface area contributed by atoms with Crippen LogP contribution in [0.15, 0.2) is 33.5 Å². The van der Waals surface area contributed by atoms with Crippen molar-refractivity contribution >= 4 is 21.3 Å². The van der Waals surface area contributed by atoms with Crippen LogP contribution in [-0.4, -0.2) is 65.5 Å². The Hall–Kier alpha value is -1.06. The molecule has 0 unspecified atom stereocenters. The first kappa shape index (κ1) is 24.2. The second-order valence-corrected chi connectivity index (χ2v) is 7.47. The van der Waals surface area contributed by atoms with Crippen LogP contribution in [0.2, 0.25) is 0 Å². The number of benzene rings is 1. The van der Waals surface area contributed by atoms with Crippen molar-refractivity contribution < 1.29 is 71.7 Å². The number of rotatable bonds is 5. The van der Waals surface area contributed by atoms with Crippen LogP contribution < -0.4 is 44.6 Å². The molecule has 2 heterocycles. The van der Waals surface area contributed by atoms with Gasteiger partial charge in [0.1, 0.15) is 35.7 Å². The molecule has 1 aliphatic rings. The van der Waals surface area contributed by atoms with Crippen molar-refractivity contribution in [2.75, 3.05) is 6.61 Å². The molecule has 0 bridgehead atoms. The number of nitrogens with one attached hydrogen (secondary N) is 1. The zero-order chi connectivity index (χ0) is 20.6. The maximum absolute atomic E-state index is 11.5. The van der Waals surface area contributed by atoms with Crippen molar-refractivity contribution in [1.29, 1.82) is 0 Å². The fourth-order valence-corrected chi connectivity index (χ4v) is 3.57. The maximum atomic E-state index is 11.5. The molecule has 1 fully saturated rings. The second kappa shape index (κ2) is 9.39. The fraction of sp³-hybridized carbons (Fsp3) is 0.438. The molecule has 0 amide bonds. The molecule has 0 spiro atoms. The van der Waals surface area contributed by atoms with E-state index >= 15 is 0 Å². The van der Waals surface area contributed by atoms with Gasteiger partial charge in [0, 0.05) is 17.5 Å². The van der Waals surface area contributed by atoms with E-state index < -0.39 is 53.2 Å². The monoisotopic (exact) mass is 439 g/mol. The average molecular weight is 439 g/mol. The number of ether oxygens (including phenoxy) is 2. The topological polar surface area (TPSA) is 179 Å². The molecule has 29 heavy (non-hydrogen) atoms. The van der Waals surface area contributed by atoms with Crippen LogP contribution in [0.4, 0.5) is 0 Å². The minimum absolute atomic E-state index is 0. The Bertz CT molecular complexity index is 1030. The molecule has 5 atom stereocenters. The third-order valence-corrected chi connectivity index (χ3v) is 4.90. The van der Waals surface area contributed by atoms with E-state index in [4.69, 9.17) is 13.9 Å². The molecule has 0 saturated carbocycles. The average Bonchev–Trinajstić information content (AvgIpc) is 2.59. The number of hydrogen-bond donors (Lipinski definition) is 4. The zero-order valence-corrected chi connectivity index (χ0v) is 18.3. The summed E-state index contributed by atoms with van der Waals surface area (Å²) < 4.78 is 50.8. The molecular formula is C16H18NNaO10S. The Labute approximate surface area is 187 Å². The van der Waals surface area contributed by atoms with Crippen LogP contribution in [0.5, 0.6) is 5.75 Å². The first-order chi connectivity index (χ1) is 13.1. The van der Waals surface area contributed by atoms with Crippen molar-refractivity contribution in [3.8, 4) is 5.75 Å². The number of aliphatic hydroxyl groups is 3. The number of aliphatic hydroxyl groups excluding tert-OH is 3. The predicted molar refractivity (Wildman–Crippen MR) is 92.2 cm³/mol. The molecule has 13 heteroatoms. The van der Waals surface area contributed by atoms with E-state index in [0.717, 1.165) is 0 Å². The maximum Gasteiger partial charge on any atom is 1.00 e. The Morgan fingerprint density at radius 1 is 1.24 bits per heavy atom. The standard InChI is InChI=1S/C16H19NO10S.Na/c1-7-4-12(19)26-10-5-8(2-3-9(7)10)25-16-13(17-28(22,23)24)15(21)14(20)11(6-18)27-16;/h2-5,11,13-18,20-21H,6H2,1H3,(H,22,23,24);/q;+1/p-1/t11-,13-,14-,15-,16-;/m1./s1. The van der Waals surface area contributed by atoms with Gasteiger partial charge in [-0.3, -0.25) is 0 Å². The number of fused-ring (bicyclic) bond motifs is 1. The van der Waals surface area contributed by atoms with Crippen LogP contribution in [0, 0.1) is 6.92 Å². The van der Waals surface area contributed by atoms with Gasteiger partial charge in [0.2, 0.25) is 6.29 Å². The summed E-state index contributed by atoms with van der Waals surface area (Å²) in [5, 5.41) is 30.0. The summed E-state index contributed by atoms with van der Waals surface area (Å²) in [7, 11) is -5.03. The van der Waals surface area contributed by atoms with Gasteiger partial charge in [-0.15, -0.1) is 0 Å². The molecule has 2 aromatic rings. The molecule has 1 aromatic carbocycles. The smallest absolute Gasteiger partial charge is 0.735 e. The molecule has 0 radical (unpaired) electrons. The van der Waals surface area contributed by atoms with Gasteiger partial charge in [0.25, 0.3) is 0 Å². The molecule has 3 rings (SSSR count). The van der Waals surface area contributed by atoms with Gasteiger partial charge in [0.05, 0.1) is 6.61 Å². The SMILES string of the molecule is Cc1cc(=O)oc2cc(O[C@@H]3O[C@H](CO)[C@@H](O)[C@H](O)[C@H]3NS(=O)(=O)[O-])ccc12.[Na+]. The minimum atomic E-state index is -5.03. The Balaban J connectivity index is 0.00000300. The molecule has 4 N–H and O–H groups in total. The van der Waals surface area contributed by atoms with Gasteiger partial charge >= 0.3 is 35.2 Å². The summed E-state index contributed by atoms with van der Waals surface area (Å²) in [5.41, 5.74) is 0.285. The molecular weight excluding hydrogens is 421 g/mol. The van der Waals surface area contributed by atoms with E-state index in [9.17, 15) is 33.1 Å². The molecule has 11 nitrogen and oxygen atoms in total. The van der Waals surface area contributed by atoms with Gasteiger partial charge in [-0.25, -0.2) is 17.9 Å². The van der Waals surface area contributed by atoms with E-state index in [0.29, 0.717) is 10.9 Å². The quantitative estimate of drug-likeness (QED) is 0.201. The van der Waals surface area contributed by atoms with Crippen LogP contribution in [0.3, 0.4) is 0 Å². The van der Waals surface area contributed by atoms with Gasteiger partial charge in [-0.1, -0.05) is 0 Å². The summed E-state index contributed by atoms with van der Waals surface area (Å²) >= 11 is 0. The molecule has 1 saturated heterocycles. The van der Waals surface area contributed by atoms with Gasteiger partial charge in [-0.05, 0) is 24.6 Å². The summed E-state index contributed by atoms with van der Waals surface area (Å²) in [4.78, 5) is 11.5. The van der Waals surface area contributed by atoms with Gasteiger partial charge < -0.3 is 33.8 Å². The number of aryl methyl sites for hydroxylation is 1. The summed E-state index contributed by atoms with van der Waals surface area (Å²) in [5.74, 6) is 0.0710. The zero-order valence-electron chi connectivity index (χ0n) is 15.5. The van der Waals surface area contributed by atoms with Gasteiger partial charge in [-0.2, -0.15) is 0 Å². The van der Waals surface area contributed by atoms with Crippen molar-refractivity contribution in [1.82, 2.24) is 4.72 Å². The first-order valence-electron chi connectivity index (χ1n) is 8.16. The van der Waals surface area contributed by atoms with E-state index in [1.165, 1.54) is 18.2 Å². The summed E-state index contributed by atoms with van der Waals surface area (Å²) in [6.45, 7) is 1.02. The molecule has 154 valence electrons. The van der Waals surface area contributed by atoms with Crippen LogP contribution in [-0.2, 0) is 15.0 Å². The van der Waals surface area contributed by atoms with E-state index in [1.807, 2.05) is 0 Å². The third-order valence-electron chi connectivity index (χ3n) is 4.34. The number of hydrogen-bond acceptors (Lipinski definition) is 10. The predicted octanol–water partition coefficient (Wildman–Crippen LogP) is -4.66.